The number of hydrogen-bond acceptors (Lipinski definition) is 3. The molecule has 0 aliphatic rings. The maximum Gasteiger partial charge on any atom is 0.264 e. The van der Waals surface area contributed by atoms with Crippen LogP contribution in [0.5, 0.6) is 0 Å². The summed E-state index contributed by atoms with van der Waals surface area (Å²) >= 11 is 9.25. The van der Waals surface area contributed by atoms with Crippen molar-refractivity contribution in [1.29, 1.82) is 0 Å². The molecule has 0 fully saturated rings. The number of halogens is 2. The van der Waals surface area contributed by atoms with Gasteiger partial charge in [-0.15, -0.1) is 11.3 Å². The van der Waals surface area contributed by atoms with Gasteiger partial charge in [0.1, 0.15) is 0 Å². The Morgan fingerprint density at radius 1 is 1.60 bits per heavy atom. The molecule has 2 aromatic heterocycles. The first-order chi connectivity index (χ1) is 7.08. The minimum absolute atomic E-state index is 0.109. The van der Waals surface area contributed by atoms with Crippen molar-refractivity contribution in [2.45, 2.75) is 6.92 Å². The van der Waals surface area contributed by atoms with Crippen LogP contribution >= 0.6 is 45.5 Å². The minimum Gasteiger partial charge on any atom is -0.305 e. The fraction of sp³-hybridized carbons (Fsp3) is 0.111. The van der Waals surface area contributed by atoms with Crippen molar-refractivity contribution >= 4 is 45.5 Å². The van der Waals surface area contributed by atoms with Crippen molar-refractivity contribution in [2.24, 2.45) is 0 Å². The third-order valence-electron chi connectivity index (χ3n) is 1.83. The van der Waals surface area contributed by atoms with Crippen molar-refractivity contribution in [3.63, 3.8) is 0 Å². The molecule has 3 nitrogen and oxygen atoms in total. The van der Waals surface area contributed by atoms with Gasteiger partial charge >= 0.3 is 0 Å². The fourth-order valence-corrected chi connectivity index (χ4v) is 2.40. The van der Waals surface area contributed by atoms with E-state index in [1.54, 1.807) is 6.07 Å². The zero-order chi connectivity index (χ0) is 11.0. The van der Waals surface area contributed by atoms with Crippen molar-refractivity contribution in [2.75, 3.05) is 0 Å². The van der Waals surface area contributed by atoms with Crippen LogP contribution in [0.4, 0.5) is 0 Å². The number of nitrogens with one attached hydrogen (secondary N) is 1. The molecule has 0 saturated heterocycles. The number of aromatic amines is 1. The molecule has 0 aliphatic carbocycles. The quantitative estimate of drug-likeness (QED) is 0.802. The monoisotopic (exact) mass is 352 g/mol. The van der Waals surface area contributed by atoms with Crippen LogP contribution in [0.2, 0.25) is 5.02 Å². The summed E-state index contributed by atoms with van der Waals surface area (Å²) in [6.07, 6.45) is 0. The summed E-state index contributed by atoms with van der Waals surface area (Å²) in [4.78, 5) is 19.4. The first kappa shape index (κ1) is 11.1. The van der Waals surface area contributed by atoms with E-state index >= 15 is 0 Å². The molecule has 0 radical (unpaired) electrons. The van der Waals surface area contributed by atoms with E-state index in [2.05, 4.69) is 9.97 Å². The van der Waals surface area contributed by atoms with E-state index in [-0.39, 0.29) is 5.56 Å². The molecule has 0 aromatic carbocycles. The lowest BCUT2D eigenvalue weighted by Gasteiger charge is -2.00. The van der Waals surface area contributed by atoms with Crippen LogP contribution in [-0.2, 0) is 0 Å². The van der Waals surface area contributed by atoms with E-state index in [4.69, 9.17) is 11.6 Å². The van der Waals surface area contributed by atoms with Crippen LogP contribution in [-0.4, -0.2) is 9.97 Å². The Kier molecular flexibility index (Phi) is 3.13. The molecule has 0 aliphatic heterocycles. The molecule has 0 unspecified atom stereocenters. The third kappa shape index (κ3) is 2.24. The van der Waals surface area contributed by atoms with Crippen molar-refractivity contribution in [3.8, 4) is 10.7 Å². The van der Waals surface area contributed by atoms with Gasteiger partial charge in [-0.05, 0) is 35.6 Å². The number of rotatable bonds is 1. The lowest BCUT2D eigenvalue weighted by molar-refractivity contribution is 1.06. The van der Waals surface area contributed by atoms with Gasteiger partial charge in [0.05, 0.1) is 19.2 Å². The van der Waals surface area contributed by atoms with Crippen LogP contribution in [0.25, 0.3) is 10.7 Å². The largest absolute Gasteiger partial charge is 0.305 e. The topological polar surface area (TPSA) is 45.8 Å². The molecule has 0 bridgehead atoms. The van der Waals surface area contributed by atoms with Gasteiger partial charge in [0.15, 0.2) is 5.82 Å². The fourth-order valence-electron chi connectivity index (χ4n) is 1.13. The Morgan fingerprint density at radius 2 is 2.33 bits per heavy atom. The van der Waals surface area contributed by atoms with Crippen LogP contribution in [0.15, 0.2) is 16.2 Å². The molecule has 78 valence electrons. The van der Waals surface area contributed by atoms with E-state index in [0.717, 1.165) is 10.6 Å². The molecular formula is C9H6ClIN2OS. The van der Waals surface area contributed by atoms with Gasteiger partial charge in [-0.25, -0.2) is 4.98 Å². The second-order valence-electron chi connectivity index (χ2n) is 2.94. The maximum absolute atomic E-state index is 11.5. The van der Waals surface area contributed by atoms with Gasteiger partial charge in [0.25, 0.3) is 5.56 Å². The highest BCUT2D eigenvalue weighted by atomic mass is 127. The summed E-state index contributed by atoms with van der Waals surface area (Å²) in [5.74, 6) is 0.579. The summed E-state index contributed by atoms with van der Waals surface area (Å²) in [5.41, 5.74) is 0.626. The van der Waals surface area contributed by atoms with Gasteiger partial charge < -0.3 is 4.98 Å². The number of nitrogens with zero attached hydrogens (tertiary/aromatic N) is 1. The van der Waals surface area contributed by atoms with E-state index in [1.807, 2.05) is 34.9 Å². The second kappa shape index (κ2) is 4.23. The average Bonchev–Trinajstić information content (AvgIpc) is 2.60. The summed E-state index contributed by atoms with van der Waals surface area (Å²) in [6.45, 7) is 1.82. The summed E-state index contributed by atoms with van der Waals surface area (Å²) in [5, 5.41) is 2.47. The summed E-state index contributed by atoms with van der Waals surface area (Å²) in [7, 11) is 0. The normalized spacial score (nSPS) is 10.6. The molecule has 0 saturated carbocycles. The molecule has 2 rings (SSSR count). The lowest BCUT2D eigenvalue weighted by Crippen LogP contribution is -2.14. The third-order valence-corrected chi connectivity index (χ3v) is 4.38. The predicted molar refractivity (Wildman–Crippen MR) is 70.6 cm³/mol. The molecule has 2 aromatic rings. The first-order valence-electron chi connectivity index (χ1n) is 4.09. The van der Waals surface area contributed by atoms with Gasteiger partial charge in [0.2, 0.25) is 0 Å². The molecule has 2 heterocycles. The second-order valence-corrected chi connectivity index (χ2v) is 5.37. The van der Waals surface area contributed by atoms with E-state index in [9.17, 15) is 4.79 Å². The number of H-pyrrole nitrogens is 1. The van der Waals surface area contributed by atoms with E-state index < -0.39 is 0 Å². The molecule has 0 amide bonds. The van der Waals surface area contributed by atoms with E-state index in [1.165, 1.54) is 11.3 Å². The predicted octanol–water partition coefficient (Wildman–Crippen LogP) is 3.06. The lowest BCUT2D eigenvalue weighted by atomic mass is 10.4. The van der Waals surface area contributed by atoms with Crippen molar-refractivity contribution < 1.29 is 0 Å². The number of hydrogen-bond donors (Lipinski definition) is 1. The molecular weight excluding hydrogens is 347 g/mol. The highest BCUT2D eigenvalue weighted by Crippen LogP contribution is 2.26. The zero-order valence-corrected chi connectivity index (χ0v) is 11.4. The van der Waals surface area contributed by atoms with Crippen LogP contribution in [0, 0.1) is 10.5 Å². The number of aryl methyl sites for hydroxylation is 1. The Morgan fingerprint density at radius 3 is 2.87 bits per heavy atom. The molecule has 1 N–H and O–H groups in total. The van der Waals surface area contributed by atoms with Crippen molar-refractivity contribution in [3.05, 3.63) is 36.1 Å². The van der Waals surface area contributed by atoms with Crippen LogP contribution < -0.4 is 5.56 Å². The molecule has 0 atom stereocenters. The Balaban J connectivity index is 2.60. The van der Waals surface area contributed by atoms with Gasteiger partial charge in [0, 0.05) is 5.38 Å². The average molecular weight is 353 g/mol. The highest BCUT2D eigenvalue weighted by Gasteiger charge is 2.08. The number of aromatic nitrogens is 2. The first-order valence-corrected chi connectivity index (χ1v) is 6.42. The van der Waals surface area contributed by atoms with Crippen LogP contribution in [0.3, 0.4) is 0 Å². The molecule has 0 spiro atoms. The summed E-state index contributed by atoms with van der Waals surface area (Å²) < 4.78 is 0.624. The minimum atomic E-state index is -0.109. The van der Waals surface area contributed by atoms with E-state index in [0.29, 0.717) is 14.4 Å². The standard InChI is InChI=1S/C9H6ClIN2OS/c1-4-7(11)9(14)13-8(12-4)6-2-5(10)3-15-6/h2-3H,1H3,(H,12,13,14). The zero-order valence-electron chi connectivity index (χ0n) is 7.67. The Bertz CT molecular complexity index is 563. The SMILES string of the molecule is Cc1nc(-c2cc(Cl)cs2)[nH]c(=O)c1I. The van der Waals surface area contributed by atoms with Gasteiger partial charge in [-0.2, -0.15) is 0 Å². The maximum atomic E-state index is 11.5. The van der Waals surface area contributed by atoms with Gasteiger partial charge in [-0.1, -0.05) is 11.6 Å². The Hall–Kier alpha value is -0.400. The molecule has 15 heavy (non-hydrogen) atoms. The highest BCUT2D eigenvalue weighted by molar-refractivity contribution is 14.1. The summed E-state index contributed by atoms with van der Waals surface area (Å²) in [6, 6.07) is 1.79. The number of thiophene rings is 1. The van der Waals surface area contributed by atoms with Crippen molar-refractivity contribution in [1.82, 2.24) is 9.97 Å². The van der Waals surface area contributed by atoms with Gasteiger partial charge in [-0.3, -0.25) is 4.79 Å². The molecule has 6 heteroatoms. The Labute approximate surface area is 109 Å². The van der Waals surface area contributed by atoms with Crippen LogP contribution in [0.1, 0.15) is 5.69 Å². The smallest absolute Gasteiger partial charge is 0.264 e.